The van der Waals surface area contributed by atoms with Crippen LogP contribution in [0.15, 0.2) is 100.0 Å². The Balaban J connectivity index is 0.00000221. The predicted molar refractivity (Wildman–Crippen MR) is 183 cm³/mol. The fourth-order valence-corrected chi connectivity index (χ4v) is 8.06. The van der Waals surface area contributed by atoms with Crippen molar-refractivity contribution in [3.63, 3.8) is 0 Å². The van der Waals surface area contributed by atoms with Gasteiger partial charge in [-0.05, 0) is 0 Å². The van der Waals surface area contributed by atoms with Gasteiger partial charge in [0, 0.05) is 0 Å². The Hall–Kier alpha value is -1.48. The molecule has 44 heavy (non-hydrogen) atoms. The molecule has 0 aliphatic heterocycles. The topological polar surface area (TPSA) is 0 Å². The van der Waals surface area contributed by atoms with Gasteiger partial charge < -0.3 is 24.8 Å². The van der Waals surface area contributed by atoms with Crippen molar-refractivity contribution in [2.24, 2.45) is 0 Å². The second kappa shape index (κ2) is 13.3. The summed E-state index contributed by atoms with van der Waals surface area (Å²) in [5.41, 5.74) is 13.6. The Bertz CT molecular complexity index is 1870. The third-order valence-electron chi connectivity index (χ3n) is 8.40. The largest absolute Gasteiger partial charge is 1.00 e. The van der Waals surface area contributed by atoms with Gasteiger partial charge in [0.05, 0.1) is 0 Å². The monoisotopic (exact) mass is 821 g/mol. The SMILES string of the molecule is CC(C)(C)c1ccc2c(c1)[C]([Zr+2])=c1c-2cc(=C(c2ccc(Br)cc2)c2ccc(Br)cc2)c(C(C)(C)C)c1C1=CC=CC1.[Cl-].[Cl-]. The average Bonchev–Trinajstić information content (AvgIpc) is 3.56. The second-order valence-corrected chi connectivity index (χ2v) is 16.5. The van der Waals surface area contributed by atoms with Gasteiger partial charge in [-0.25, -0.2) is 0 Å². The summed E-state index contributed by atoms with van der Waals surface area (Å²) >= 11 is 8.81. The molecule has 0 aromatic heterocycles. The van der Waals surface area contributed by atoms with Crippen molar-refractivity contribution in [2.45, 2.75) is 58.8 Å². The fourth-order valence-electron chi connectivity index (χ4n) is 6.38. The number of allylic oxidation sites excluding steroid dienone is 4. The first kappa shape index (κ1) is 35.4. The number of rotatable bonds is 3. The van der Waals surface area contributed by atoms with Crippen molar-refractivity contribution in [1.82, 2.24) is 0 Å². The van der Waals surface area contributed by atoms with Gasteiger partial charge in [0.2, 0.25) is 0 Å². The number of halogens is 4. The van der Waals surface area contributed by atoms with Crippen LogP contribution in [0.2, 0.25) is 0 Å². The molecule has 0 N–H and O–H groups in total. The van der Waals surface area contributed by atoms with Crippen LogP contribution >= 0.6 is 31.9 Å². The summed E-state index contributed by atoms with van der Waals surface area (Å²) in [6.45, 7) is 14.1. The molecule has 0 nitrogen and oxygen atoms in total. The molecule has 0 saturated heterocycles. The molecule has 2 aliphatic carbocycles. The van der Waals surface area contributed by atoms with Crippen LogP contribution in [0.4, 0.5) is 0 Å². The van der Waals surface area contributed by atoms with Gasteiger partial charge in [0.1, 0.15) is 0 Å². The van der Waals surface area contributed by atoms with Gasteiger partial charge in [0.15, 0.2) is 0 Å². The van der Waals surface area contributed by atoms with Crippen LogP contribution in [-0.2, 0) is 35.5 Å². The molecule has 0 atom stereocenters. The Morgan fingerprint density at radius 3 is 1.73 bits per heavy atom. The number of benzene rings is 4. The van der Waals surface area contributed by atoms with E-state index in [0.717, 1.165) is 15.4 Å². The molecular formula is C39H35Br2Cl2Zr. The molecule has 4 aromatic rings. The maximum atomic E-state index is 3.67. The molecule has 0 radical (unpaired) electrons. The van der Waals surface area contributed by atoms with E-state index in [4.69, 9.17) is 0 Å². The summed E-state index contributed by atoms with van der Waals surface area (Å²) in [5, 5.41) is 2.77. The van der Waals surface area contributed by atoms with E-state index in [1.807, 2.05) is 0 Å². The number of hydrogen-bond donors (Lipinski definition) is 0. The molecule has 0 fully saturated rings. The van der Waals surface area contributed by atoms with E-state index < -0.39 is 0 Å². The molecule has 0 bridgehead atoms. The second-order valence-electron chi connectivity index (χ2n) is 13.4. The van der Waals surface area contributed by atoms with Gasteiger partial charge in [0.25, 0.3) is 0 Å². The summed E-state index contributed by atoms with van der Waals surface area (Å²) in [6.07, 6.45) is 7.85. The standard InChI is InChI=1S/C39H35Br2.2ClH.Zr/c1-38(2,3)28-15-20-31-27(21-28)22-33-32(31)23-34(37(39(4,5)6)36(33)24-9-7-8-10-24)35(25-11-16-29(40)17-12-25)26-13-18-30(41)19-14-26;;;/h7-9,11-21,23H,10H2,1-6H3;2*1H;/q;;;+2/p-2. The summed E-state index contributed by atoms with van der Waals surface area (Å²) in [5.74, 6) is 0. The van der Waals surface area contributed by atoms with Crippen LogP contribution in [0.3, 0.4) is 0 Å². The molecule has 223 valence electrons. The molecule has 0 saturated carbocycles. The van der Waals surface area contributed by atoms with Crippen molar-refractivity contribution in [2.75, 3.05) is 0 Å². The summed E-state index contributed by atoms with van der Waals surface area (Å²) in [6, 6.07) is 27.4. The first-order chi connectivity index (χ1) is 19.8. The van der Waals surface area contributed by atoms with Crippen molar-refractivity contribution < 1.29 is 49.5 Å². The Morgan fingerprint density at radius 1 is 0.682 bits per heavy atom. The van der Waals surface area contributed by atoms with Crippen molar-refractivity contribution >= 4 is 46.3 Å². The van der Waals surface area contributed by atoms with E-state index in [1.54, 1.807) is 0 Å². The van der Waals surface area contributed by atoms with E-state index in [0.29, 0.717) is 0 Å². The van der Waals surface area contributed by atoms with Crippen LogP contribution in [-0.4, -0.2) is 0 Å². The zero-order valence-corrected chi connectivity index (χ0v) is 33.0. The van der Waals surface area contributed by atoms with E-state index in [9.17, 15) is 0 Å². The first-order valence-corrected chi connectivity index (χ1v) is 17.4. The van der Waals surface area contributed by atoms with Crippen LogP contribution < -0.4 is 35.3 Å². The minimum absolute atomic E-state index is 0. The normalized spacial score (nSPS) is 13.6. The van der Waals surface area contributed by atoms with Gasteiger partial charge in [-0.1, -0.05) is 0 Å². The molecule has 5 heteroatoms. The van der Waals surface area contributed by atoms with Crippen LogP contribution in [0, 0.1) is 0 Å². The van der Waals surface area contributed by atoms with E-state index in [2.05, 4.69) is 164 Å². The Kier molecular flexibility index (Phi) is 10.7. The quantitative estimate of drug-likeness (QED) is 0.293. The molecule has 0 spiro atoms. The van der Waals surface area contributed by atoms with Crippen molar-refractivity contribution in [3.05, 3.63) is 144 Å². The molecule has 6 rings (SSSR count). The van der Waals surface area contributed by atoms with Gasteiger partial charge >= 0.3 is 285 Å². The van der Waals surface area contributed by atoms with E-state index in [1.165, 1.54) is 94.1 Å². The third-order valence-corrected chi connectivity index (χ3v) is 10.7. The molecule has 2 aliphatic rings. The fraction of sp³-hybridized carbons (Fsp3) is 0.231. The molecule has 0 amide bonds. The van der Waals surface area contributed by atoms with E-state index in [-0.39, 0.29) is 35.6 Å². The van der Waals surface area contributed by atoms with Gasteiger partial charge in [-0.3, -0.25) is 0 Å². The van der Waals surface area contributed by atoms with Crippen molar-refractivity contribution in [3.8, 4) is 11.1 Å². The molecule has 0 heterocycles. The number of fused-ring (bicyclic) bond motifs is 3. The van der Waals surface area contributed by atoms with Crippen LogP contribution in [0.25, 0.3) is 25.6 Å². The Labute approximate surface area is 306 Å². The summed E-state index contributed by atoms with van der Waals surface area (Å²) < 4.78 is 3.66. The van der Waals surface area contributed by atoms with Crippen LogP contribution in [0.1, 0.15) is 81.3 Å². The van der Waals surface area contributed by atoms with Gasteiger partial charge in [-0.2, -0.15) is 0 Å². The molecule has 4 aromatic carbocycles. The third kappa shape index (κ3) is 6.52. The maximum Gasteiger partial charge on any atom is -1.00 e. The zero-order valence-electron chi connectivity index (χ0n) is 25.9. The maximum absolute atomic E-state index is 3.67. The minimum atomic E-state index is -0.0825. The smallest absolute Gasteiger partial charge is 1.00 e. The predicted octanol–water partition coefficient (Wildman–Crippen LogP) is 4.09. The number of hydrogen-bond acceptors (Lipinski definition) is 0. The Morgan fingerprint density at radius 2 is 1.25 bits per heavy atom. The van der Waals surface area contributed by atoms with Crippen LogP contribution in [0.5, 0.6) is 0 Å². The summed E-state index contributed by atoms with van der Waals surface area (Å²) in [4.78, 5) is 0. The average molecular weight is 826 g/mol. The zero-order chi connectivity index (χ0) is 30.0. The molecule has 0 unspecified atom stereocenters. The molecular weight excluding hydrogens is 790 g/mol. The van der Waals surface area contributed by atoms with Gasteiger partial charge in [-0.15, -0.1) is 0 Å². The first-order valence-electron chi connectivity index (χ1n) is 14.6. The summed E-state index contributed by atoms with van der Waals surface area (Å²) in [7, 11) is 0. The van der Waals surface area contributed by atoms with Crippen molar-refractivity contribution in [1.29, 1.82) is 0 Å². The minimum Gasteiger partial charge on any atom is -1.00 e. The van der Waals surface area contributed by atoms with E-state index >= 15 is 0 Å².